The van der Waals surface area contributed by atoms with E-state index in [0.29, 0.717) is 29.2 Å². The quantitative estimate of drug-likeness (QED) is 0.567. The van der Waals surface area contributed by atoms with E-state index in [1.165, 1.54) is 0 Å². The molecule has 31 heavy (non-hydrogen) atoms. The number of hydrogen-bond donors (Lipinski definition) is 1. The first-order chi connectivity index (χ1) is 15.0. The summed E-state index contributed by atoms with van der Waals surface area (Å²) in [4.78, 5) is 39.1. The Labute approximate surface area is 180 Å². The van der Waals surface area contributed by atoms with Crippen LogP contribution < -0.4 is 9.64 Å². The fourth-order valence-corrected chi connectivity index (χ4v) is 4.17. The van der Waals surface area contributed by atoms with Crippen molar-refractivity contribution in [2.45, 2.75) is 33.1 Å². The second kappa shape index (κ2) is 8.22. The molecule has 1 aliphatic heterocycles. The van der Waals surface area contributed by atoms with Crippen LogP contribution in [-0.2, 0) is 17.6 Å². The maximum Gasteiger partial charge on any atom is 0.307 e. The zero-order valence-electron chi connectivity index (χ0n) is 17.5. The van der Waals surface area contributed by atoms with Crippen molar-refractivity contribution < 1.29 is 24.2 Å². The molecular weight excluding hydrogens is 394 g/mol. The van der Waals surface area contributed by atoms with Gasteiger partial charge in [0, 0.05) is 0 Å². The van der Waals surface area contributed by atoms with E-state index in [-0.39, 0.29) is 17.9 Å². The van der Waals surface area contributed by atoms with Crippen LogP contribution in [0.1, 0.15) is 52.1 Å². The lowest BCUT2D eigenvalue weighted by Gasteiger charge is -2.14. The molecule has 0 fully saturated rings. The lowest BCUT2D eigenvalue weighted by molar-refractivity contribution is -0.136. The Kier molecular flexibility index (Phi) is 5.46. The second-order valence-corrected chi connectivity index (χ2v) is 7.51. The highest BCUT2D eigenvalue weighted by molar-refractivity contribution is 6.38. The van der Waals surface area contributed by atoms with E-state index in [9.17, 15) is 14.4 Å². The van der Waals surface area contributed by atoms with Gasteiger partial charge in [-0.1, -0.05) is 43.7 Å². The number of rotatable bonds is 7. The van der Waals surface area contributed by atoms with E-state index in [1.54, 1.807) is 24.3 Å². The van der Waals surface area contributed by atoms with Gasteiger partial charge < -0.3 is 9.84 Å². The zero-order chi connectivity index (χ0) is 22.1. The van der Waals surface area contributed by atoms with Crippen LogP contribution in [-0.4, -0.2) is 29.5 Å². The Morgan fingerprint density at radius 2 is 1.71 bits per heavy atom. The van der Waals surface area contributed by atoms with Crippen LogP contribution in [0.5, 0.6) is 5.75 Å². The largest absolute Gasteiger partial charge is 0.493 e. The number of anilines is 1. The first-order valence-electron chi connectivity index (χ1n) is 10.4. The van der Waals surface area contributed by atoms with E-state index in [0.717, 1.165) is 34.1 Å². The Morgan fingerprint density at radius 1 is 1.00 bits per heavy atom. The fourth-order valence-electron chi connectivity index (χ4n) is 4.17. The van der Waals surface area contributed by atoms with Gasteiger partial charge in [0.1, 0.15) is 5.75 Å². The molecule has 0 bridgehead atoms. The van der Waals surface area contributed by atoms with E-state index in [4.69, 9.17) is 9.84 Å². The molecule has 158 valence electrons. The van der Waals surface area contributed by atoms with Crippen LogP contribution in [0.2, 0.25) is 0 Å². The third-order valence-corrected chi connectivity index (χ3v) is 5.42. The predicted molar refractivity (Wildman–Crippen MR) is 118 cm³/mol. The summed E-state index contributed by atoms with van der Waals surface area (Å²) in [6.45, 7) is 4.29. The van der Waals surface area contributed by atoms with Gasteiger partial charge in [-0.3, -0.25) is 14.4 Å². The van der Waals surface area contributed by atoms with Crippen LogP contribution in [0.15, 0.2) is 48.5 Å². The zero-order valence-corrected chi connectivity index (χ0v) is 17.5. The number of hydrogen-bond acceptors (Lipinski definition) is 4. The first-order valence-corrected chi connectivity index (χ1v) is 10.4. The molecule has 0 aromatic heterocycles. The number of amides is 2. The van der Waals surface area contributed by atoms with Crippen molar-refractivity contribution in [2.24, 2.45) is 0 Å². The molecule has 0 aliphatic carbocycles. The Bertz CT molecular complexity index is 1200. The molecule has 0 radical (unpaired) electrons. The van der Waals surface area contributed by atoms with E-state index in [2.05, 4.69) is 6.92 Å². The summed E-state index contributed by atoms with van der Waals surface area (Å²) < 4.78 is 5.76. The molecule has 1 aliphatic rings. The van der Waals surface area contributed by atoms with Gasteiger partial charge in [-0.05, 0) is 53.4 Å². The van der Waals surface area contributed by atoms with E-state index in [1.807, 2.05) is 31.2 Å². The number of ether oxygens (including phenoxy) is 1. The number of imide groups is 1. The van der Waals surface area contributed by atoms with Gasteiger partial charge in [-0.25, -0.2) is 4.90 Å². The molecule has 0 spiro atoms. The average molecular weight is 417 g/mol. The molecule has 1 heterocycles. The number of benzene rings is 3. The molecule has 3 aromatic rings. The smallest absolute Gasteiger partial charge is 0.307 e. The molecule has 6 nitrogen and oxygen atoms in total. The number of carboxylic acids is 1. The first kappa shape index (κ1) is 20.6. The lowest BCUT2D eigenvalue weighted by atomic mass is 9.93. The van der Waals surface area contributed by atoms with Crippen molar-refractivity contribution >= 4 is 34.2 Å². The minimum absolute atomic E-state index is 0.123. The number of carbonyl (C=O) groups is 3. The summed E-state index contributed by atoms with van der Waals surface area (Å²) >= 11 is 0. The summed E-state index contributed by atoms with van der Waals surface area (Å²) in [7, 11) is 0. The molecule has 1 N–H and O–H groups in total. The van der Waals surface area contributed by atoms with Gasteiger partial charge in [0.15, 0.2) is 0 Å². The summed E-state index contributed by atoms with van der Waals surface area (Å²) in [6.07, 6.45) is 1.59. The molecule has 6 heteroatoms. The third-order valence-electron chi connectivity index (χ3n) is 5.42. The number of aliphatic carboxylic acids is 1. The van der Waals surface area contributed by atoms with Gasteiger partial charge in [0.05, 0.1) is 29.8 Å². The number of nitrogens with zero attached hydrogens (tertiary/aromatic N) is 1. The van der Waals surface area contributed by atoms with E-state index < -0.39 is 11.9 Å². The summed E-state index contributed by atoms with van der Waals surface area (Å²) in [5, 5.41) is 10.6. The van der Waals surface area contributed by atoms with Crippen LogP contribution >= 0.6 is 0 Å². The van der Waals surface area contributed by atoms with Crippen molar-refractivity contribution in [3.63, 3.8) is 0 Å². The van der Waals surface area contributed by atoms with Crippen LogP contribution in [0, 0.1) is 0 Å². The van der Waals surface area contributed by atoms with Crippen molar-refractivity contribution in [1.29, 1.82) is 0 Å². The number of carboxylic acid groups (broad SMARTS) is 1. The summed E-state index contributed by atoms with van der Waals surface area (Å²) in [5.41, 5.74) is 2.70. The second-order valence-electron chi connectivity index (χ2n) is 7.51. The van der Waals surface area contributed by atoms with E-state index >= 15 is 0 Å². The molecule has 0 atom stereocenters. The number of carbonyl (C=O) groups excluding carboxylic acids is 2. The minimum atomic E-state index is -0.940. The van der Waals surface area contributed by atoms with Crippen molar-refractivity contribution in [3.05, 3.63) is 70.8 Å². The highest BCUT2D eigenvalue weighted by Gasteiger charge is 2.41. The molecule has 0 saturated heterocycles. The lowest BCUT2D eigenvalue weighted by Crippen LogP contribution is -2.29. The Morgan fingerprint density at radius 3 is 2.35 bits per heavy atom. The topological polar surface area (TPSA) is 83.9 Å². The molecular formula is C25H23NO5. The molecule has 3 aromatic carbocycles. The summed E-state index contributed by atoms with van der Waals surface area (Å²) in [6, 6.07) is 14.2. The molecule has 0 saturated carbocycles. The van der Waals surface area contributed by atoms with Crippen LogP contribution in [0.3, 0.4) is 0 Å². The number of aryl methyl sites for hydroxylation is 1. The van der Waals surface area contributed by atoms with Gasteiger partial charge in [-0.15, -0.1) is 0 Å². The standard InChI is InChI=1S/C25H23NO5/c1-3-6-16-7-5-8-17-14-19(31-4-2)22-23(21(16)17)25(30)26(24(22)29)18-11-9-15(10-12-18)13-20(27)28/h5,7-12,14H,3-4,6,13H2,1-2H3,(H,27,28). The SMILES string of the molecule is CCCc1cccc2cc(OCC)c3c(c12)C(=O)N(c1ccc(CC(=O)O)cc1)C3=O. The average Bonchev–Trinajstić information content (AvgIpc) is 3.00. The Hall–Kier alpha value is -3.67. The maximum absolute atomic E-state index is 13.6. The van der Waals surface area contributed by atoms with Gasteiger partial charge in [-0.2, -0.15) is 0 Å². The number of fused-ring (bicyclic) bond motifs is 3. The normalized spacial score (nSPS) is 13.0. The summed E-state index contributed by atoms with van der Waals surface area (Å²) in [5.74, 6) is -1.35. The minimum Gasteiger partial charge on any atom is -0.493 e. The molecule has 2 amide bonds. The highest BCUT2D eigenvalue weighted by atomic mass is 16.5. The van der Waals surface area contributed by atoms with Gasteiger partial charge >= 0.3 is 5.97 Å². The predicted octanol–water partition coefficient (Wildman–Crippen LogP) is 4.62. The molecule has 4 rings (SSSR count). The Balaban J connectivity index is 1.88. The maximum atomic E-state index is 13.6. The van der Waals surface area contributed by atoms with Crippen LogP contribution in [0.4, 0.5) is 5.69 Å². The van der Waals surface area contributed by atoms with Crippen molar-refractivity contribution in [1.82, 2.24) is 0 Å². The van der Waals surface area contributed by atoms with Gasteiger partial charge in [0.2, 0.25) is 0 Å². The molecule has 0 unspecified atom stereocenters. The monoisotopic (exact) mass is 417 g/mol. The third kappa shape index (κ3) is 3.54. The van der Waals surface area contributed by atoms with Crippen molar-refractivity contribution in [3.8, 4) is 5.75 Å². The van der Waals surface area contributed by atoms with Gasteiger partial charge in [0.25, 0.3) is 11.8 Å². The fraction of sp³-hybridized carbons (Fsp3) is 0.240. The van der Waals surface area contributed by atoms with Crippen LogP contribution in [0.25, 0.3) is 10.8 Å². The van der Waals surface area contributed by atoms with Crippen molar-refractivity contribution in [2.75, 3.05) is 11.5 Å². The highest BCUT2D eigenvalue weighted by Crippen LogP contribution is 2.40.